The number of allylic oxidation sites excluding steroid dienone is 12. The molecule has 5 nitrogen and oxygen atoms in total. The van der Waals surface area contributed by atoms with Crippen molar-refractivity contribution in [3.8, 4) is 11.5 Å². The van der Waals surface area contributed by atoms with Gasteiger partial charge in [0.1, 0.15) is 11.5 Å². The molecule has 254 valence electrons. The van der Waals surface area contributed by atoms with Crippen molar-refractivity contribution in [3.05, 3.63) is 105 Å². The molecule has 4 N–H and O–H groups in total. The lowest BCUT2D eigenvalue weighted by Gasteiger charge is -2.05. The molecule has 0 aliphatic heterocycles. The number of phenolic OH excluding ortho intramolecular Hbond substituents is 2. The van der Waals surface area contributed by atoms with Crippen LogP contribution in [-0.4, -0.2) is 33.0 Å². The quantitative estimate of drug-likeness (QED) is 0.0579. The van der Waals surface area contributed by atoms with Crippen molar-refractivity contribution in [2.75, 3.05) is 6.61 Å². The van der Waals surface area contributed by atoms with Gasteiger partial charge in [-0.3, -0.25) is 0 Å². The van der Waals surface area contributed by atoms with Gasteiger partial charge in [-0.15, -0.1) is 0 Å². The topological polar surface area (TPSA) is 98.0 Å². The lowest BCUT2D eigenvalue weighted by atomic mass is 10.0. The average molecular weight is 633 g/mol. The maximum Gasteiger partial charge on any atom is 0.331 e. The van der Waals surface area contributed by atoms with Gasteiger partial charge >= 0.3 is 5.97 Å². The van der Waals surface area contributed by atoms with Crippen molar-refractivity contribution in [1.82, 2.24) is 0 Å². The zero-order valence-electron chi connectivity index (χ0n) is 29.4. The van der Waals surface area contributed by atoms with E-state index in [1.54, 1.807) is 6.08 Å². The zero-order valence-corrected chi connectivity index (χ0v) is 29.4. The number of aliphatic hydroxyl groups is 1. The van der Waals surface area contributed by atoms with Crippen LogP contribution in [0, 0.1) is 0 Å². The van der Waals surface area contributed by atoms with Gasteiger partial charge in [-0.25, -0.2) is 4.79 Å². The molecule has 0 radical (unpaired) electrons. The molecule has 0 aliphatic rings. The van der Waals surface area contributed by atoms with Crippen molar-refractivity contribution in [2.45, 2.75) is 125 Å². The number of rotatable bonds is 22. The summed E-state index contributed by atoms with van der Waals surface area (Å²) in [5.74, 6) is -0.864. The summed E-state index contributed by atoms with van der Waals surface area (Å²) in [6.07, 6.45) is 27.1. The highest BCUT2D eigenvalue weighted by atomic mass is 16.4. The molecular weight excluding hydrogens is 572 g/mol. The molecule has 1 aromatic carbocycles. The van der Waals surface area contributed by atoms with Crippen LogP contribution in [0.3, 0.4) is 0 Å². The molecule has 0 atom stereocenters. The number of hydrogen-bond acceptors (Lipinski definition) is 4. The number of carbonyl (C=O) groups is 1. The van der Waals surface area contributed by atoms with Gasteiger partial charge in [-0.1, -0.05) is 76.0 Å². The Balaban J connectivity index is 2.35. The van der Waals surface area contributed by atoms with Crippen LogP contribution in [0.1, 0.15) is 124 Å². The van der Waals surface area contributed by atoms with Gasteiger partial charge < -0.3 is 20.4 Å². The Bertz CT molecular complexity index is 1300. The van der Waals surface area contributed by atoms with Crippen LogP contribution in [0.4, 0.5) is 0 Å². The first-order valence-corrected chi connectivity index (χ1v) is 16.9. The Hall–Kier alpha value is -3.57. The molecule has 0 aromatic heterocycles. The second kappa shape index (κ2) is 23.7. The van der Waals surface area contributed by atoms with E-state index in [1.165, 1.54) is 46.1 Å². The number of carboxylic acids is 1. The summed E-state index contributed by atoms with van der Waals surface area (Å²) >= 11 is 0. The summed E-state index contributed by atoms with van der Waals surface area (Å²) in [4.78, 5) is 11.7. The van der Waals surface area contributed by atoms with E-state index >= 15 is 0 Å². The Morgan fingerprint density at radius 1 is 0.565 bits per heavy atom. The van der Waals surface area contributed by atoms with Gasteiger partial charge in [0.2, 0.25) is 0 Å². The van der Waals surface area contributed by atoms with E-state index in [0.29, 0.717) is 24.0 Å². The van der Waals surface area contributed by atoms with Gasteiger partial charge in [-0.2, -0.15) is 0 Å². The number of phenols is 2. The summed E-state index contributed by atoms with van der Waals surface area (Å²) < 4.78 is 0. The first-order chi connectivity index (χ1) is 21.9. The molecule has 0 aliphatic carbocycles. The smallest absolute Gasteiger partial charge is 0.331 e. The zero-order chi connectivity index (χ0) is 34.3. The van der Waals surface area contributed by atoms with Crippen molar-refractivity contribution >= 4 is 5.97 Å². The van der Waals surface area contributed by atoms with Gasteiger partial charge in [0.15, 0.2) is 0 Å². The predicted molar refractivity (Wildman–Crippen MR) is 194 cm³/mol. The second-order valence-electron chi connectivity index (χ2n) is 12.7. The number of aliphatic carboxylic acids is 1. The number of aromatic hydroxyl groups is 2. The summed E-state index contributed by atoms with van der Waals surface area (Å²) in [7, 11) is 0. The molecule has 0 fully saturated rings. The van der Waals surface area contributed by atoms with Crippen molar-refractivity contribution < 1.29 is 25.2 Å². The summed E-state index contributed by atoms with van der Waals surface area (Å²) in [5.41, 5.74) is 8.85. The van der Waals surface area contributed by atoms with E-state index < -0.39 is 5.97 Å². The fourth-order valence-electron chi connectivity index (χ4n) is 5.05. The van der Waals surface area contributed by atoms with Crippen molar-refractivity contribution in [2.24, 2.45) is 0 Å². The number of hydrogen-bond donors (Lipinski definition) is 4. The SMILES string of the molecule is C/C(=C\CC/C(C)=C/CC/C(C)=C/CC/C(C)=C/CC/C(C)=C/CC/C(C)=C/CCC(=CCc1cc(O)ccc1O)C(=O)O)CO. The third kappa shape index (κ3) is 19.7. The normalized spacial score (nSPS) is 14.3. The summed E-state index contributed by atoms with van der Waals surface area (Å²) in [5, 5.41) is 38.2. The summed E-state index contributed by atoms with van der Waals surface area (Å²) in [6.45, 7) is 13.1. The van der Waals surface area contributed by atoms with E-state index in [2.05, 4.69) is 71.1 Å². The molecule has 46 heavy (non-hydrogen) atoms. The largest absolute Gasteiger partial charge is 0.508 e. The molecule has 1 rings (SSSR count). The molecule has 0 saturated heterocycles. The minimum atomic E-state index is -0.954. The van der Waals surface area contributed by atoms with Gasteiger partial charge in [0, 0.05) is 11.1 Å². The van der Waals surface area contributed by atoms with Crippen molar-refractivity contribution in [3.63, 3.8) is 0 Å². The van der Waals surface area contributed by atoms with Gasteiger partial charge in [-0.05, 0) is 143 Å². The molecule has 1 aromatic rings. The molecule has 0 amide bonds. The molecule has 0 spiro atoms. The van der Waals surface area contributed by atoms with E-state index in [-0.39, 0.29) is 24.5 Å². The van der Waals surface area contributed by atoms with Gasteiger partial charge in [0.05, 0.1) is 6.61 Å². The first kappa shape index (κ1) is 40.5. The lowest BCUT2D eigenvalue weighted by molar-refractivity contribution is -0.132. The van der Waals surface area contributed by atoms with E-state index in [9.17, 15) is 20.1 Å². The first-order valence-electron chi connectivity index (χ1n) is 16.9. The highest BCUT2D eigenvalue weighted by Gasteiger charge is 2.08. The Kier molecular flexibility index (Phi) is 20.9. The average Bonchev–Trinajstić information content (AvgIpc) is 3.00. The highest BCUT2D eigenvalue weighted by Crippen LogP contribution is 2.24. The monoisotopic (exact) mass is 632 g/mol. The minimum absolute atomic E-state index is 0.0446. The Morgan fingerprint density at radius 2 is 0.935 bits per heavy atom. The number of carboxylic acid groups (broad SMARTS) is 1. The fraction of sp³-hybridized carbons (Fsp3) is 0.488. The van der Waals surface area contributed by atoms with Crippen LogP contribution in [0.5, 0.6) is 11.5 Å². The predicted octanol–water partition coefficient (Wildman–Crippen LogP) is 11.0. The molecular formula is C41H60O5. The van der Waals surface area contributed by atoms with Crippen LogP contribution >= 0.6 is 0 Å². The second-order valence-corrected chi connectivity index (χ2v) is 12.7. The third-order valence-corrected chi connectivity index (χ3v) is 8.22. The molecule has 0 unspecified atom stereocenters. The fourth-order valence-corrected chi connectivity index (χ4v) is 5.05. The summed E-state index contributed by atoms with van der Waals surface area (Å²) in [6, 6.07) is 4.26. The highest BCUT2D eigenvalue weighted by molar-refractivity contribution is 5.86. The van der Waals surface area contributed by atoms with Gasteiger partial charge in [0.25, 0.3) is 0 Å². The number of benzene rings is 1. The Morgan fingerprint density at radius 3 is 1.30 bits per heavy atom. The van der Waals surface area contributed by atoms with E-state index in [4.69, 9.17) is 5.11 Å². The number of aliphatic hydroxyl groups excluding tert-OH is 1. The van der Waals surface area contributed by atoms with E-state index in [0.717, 1.165) is 69.8 Å². The van der Waals surface area contributed by atoms with Crippen LogP contribution in [-0.2, 0) is 11.2 Å². The molecule has 0 saturated carbocycles. The lowest BCUT2D eigenvalue weighted by Crippen LogP contribution is -2.01. The van der Waals surface area contributed by atoms with Crippen LogP contribution < -0.4 is 0 Å². The molecule has 0 heterocycles. The maximum absolute atomic E-state index is 11.7. The molecule has 5 heteroatoms. The maximum atomic E-state index is 11.7. The Labute approximate surface area is 279 Å². The van der Waals surface area contributed by atoms with Crippen LogP contribution in [0.25, 0.3) is 0 Å². The molecule has 0 bridgehead atoms. The van der Waals surface area contributed by atoms with Crippen LogP contribution in [0.2, 0.25) is 0 Å². The van der Waals surface area contributed by atoms with Crippen molar-refractivity contribution in [1.29, 1.82) is 0 Å². The van der Waals surface area contributed by atoms with E-state index in [1.807, 2.05) is 6.92 Å². The third-order valence-electron chi connectivity index (χ3n) is 8.22. The minimum Gasteiger partial charge on any atom is -0.508 e. The van der Waals surface area contributed by atoms with Crippen LogP contribution in [0.15, 0.2) is 99.7 Å². The standard InChI is InChI=1S/C41H60O5/c1-31(13-7-15-32(2)17-9-19-34(4)21-11-23-36(6)30-42)14-8-16-33(3)18-10-20-35(5)22-12-24-37(41(45)46)25-26-38-29-39(43)27-28-40(38)44/h14-15,18-19,22-23,25,27-29,42-44H,7-13,16-17,20-21,24,26,30H2,1-6H3,(H,45,46)/b31-14+,32-15+,33-18+,34-19+,35-22+,36-23+,37-25?.